The number of ether oxygens (including phenoxy) is 1. The van der Waals surface area contributed by atoms with Gasteiger partial charge in [-0.15, -0.1) is 0 Å². The molecule has 0 aliphatic carbocycles. The van der Waals surface area contributed by atoms with E-state index in [1.807, 2.05) is 0 Å². The van der Waals surface area contributed by atoms with Gasteiger partial charge in [-0.1, -0.05) is 12.1 Å². The van der Waals surface area contributed by atoms with Crippen molar-refractivity contribution in [2.24, 2.45) is 0 Å². The SMILES string of the molecule is Cc1ccc(NC(=O)c2cc(C)c(C(=O)Cc3ccc(NC(=O)OC(C)(C)C)c(F)c3)cc2C)cc1F. The molecule has 3 aromatic rings. The molecule has 8 heteroatoms. The maximum atomic E-state index is 14.6. The quantitative estimate of drug-likeness (QED) is 0.354. The van der Waals surface area contributed by atoms with Crippen molar-refractivity contribution < 1.29 is 27.9 Å². The van der Waals surface area contributed by atoms with Crippen LogP contribution in [-0.2, 0) is 11.2 Å². The first-order chi connectivity index (χ1) is 17.2. The summed E-state index contributed by atoms with van der Waals surface area (Å²) in [5.41, 5.74) is 2.38. The van der Waals surface area contributed by atoms with Crippen molar-refractivity contribution in [1.29, 1.82) is 0 Å². The van der Waals surface area contributed by atoms with E-state index in [1.54, 1.807) is 71.9 Å². The Morgan fingerprint density at radius 2 is 1.43 bits per heavy atom. The zero-order valence-electron chi connectivity index (χ0n) is 21.7. The highest BCUT2D eigenvalue weighted by Gasteiger charge is 2.19. The van der Waals surface area contributed by atoms with Crippen LogP contribution in [0.4, 0.5) is 25.0 Å². The fourth-order valence-corrected chi connectivity index (χ4v) is 3.69. The Morgan fingerprint density at radius 3 is 2.05 bits per heavy atom. The number of rotatable bonds is 6. The van der Waals surface area contributed by atoms with E-state index >= 15 is 0 Å². The van der Waals surface area contributed by atoms with E-state index in [0.717, 1.165) is 0 Å². The van der Waals surface area contributed by atoms with Crippen LogP contribution in [0.2, 0.25) is 0 Å². The number of carbonyl (C=O) groups is 3. The van der Waals surface area contributed by atoms with Crippen molar-refractivity contribution in [3.63, 3.8) is 0 Å². The minimum absolute atomic E-state index is 0.0544. The predicted molar refractivity (Wildman–Crippen MR) is 139 cm³/mol. The van der Waals surface area contributed by atoms with Crippen LogP contribution in [0.15, 0.2) is 48.5 Å². The second-order valence-corrected chi connectivity index (χ2v) is 9.94. The zero-order chi connectivity index (χ0) is 27.5. The molecular weight excluding hydrogens is 478 g/mol. The highest BCUT2D eigenvalue weighted by atomic mass is 19.1. The summed E-state index contributed by atoms with van der Waals surface area (Å²) < 4.78 is 33.5. The molecule has 0 aromatic heterocycles. The Bertz CT molecular complexity index is 1380. The van der Waals surface area contributed by atoms with Gasteiger partial charge in [-0.3, -0.25) is 14.9 Å². The van der Waals surface area contributed by atoms with E-state index in [4.69, 9.17) is 4.74 Å². The number of ketones is 1. The summed E-state index contributed by atoms with van der Waals surface area (Å²) in [6.07, 6.45) is -0.851. The molecule has 2 N–H and O–H groups in total. The lowest BCUT2D eigenvalue weighted by Gasteiger charge is -2.19. The molecule has 0 saturated heterocycles. The smallest absolute Gasteiger partial charge is 0.412 e. The molecule has 0 aliphatic heterocycles. The van der Waals surface area contributed by atoms with E-state index in [1.165, 1.54) is 18.2 Å². The second-order valence-electron chi connectivity index (χ2n) is 9.94. The van der Waals surface area contributed by atoms with Gasteiger partial charge in [0.25, 0.3) is 5.91 Å². The monoisotopic (exact) mass is 508 g/mol. The molecule has 194 valence electrons. The number of hydrogen-bond donors (Lipinski definition) is 2. The average Bonchev–Trinajstić information content (AvgIpc) is 2.78. The van der Waals surface area contributed by atoms with Crippen molar-refractivity contribution in [1.82, 2.24) is 0 Å². The van der Waals surface area contributed by atoms with Crippen LogP contribution in [0, 0.1) is 32.4 Å². The van der Waals surface area contributed by atoms with Crippen LogP contribution in [0.1, 0.15) is 63.7 Å². The molecule has 6 nitrogen and oxygen atoms in total. The third kappa shape index (κ3) is 7.22. The van der Waals surface area contributed by atoms with Gasteiger partial charge in [0.05, 0.1) is 5.69 Å². The molecule has 37 heavy (non-hydrogen) atoms. The fourth-order valence-electron chi connectivity index (χ4n) is 3.69. The van der Waals surface area contributed by atoms with E-state index in [9.17, 15) is 23.2 Å². The standard InChI is InChI=1S/C29H30F2N2O4/c1-16-7-9-20(15-23(16)30)32-27(35)22-12-17(2)21(11-18(22)3)26(34)14-19-8-10-25(24(31)13-19)33-28(36)37-29(4,5)6/h7-13,15H,14H2,1-6H3,(H,32,35)(H,33,36). The van der Waals surface area contributed by atoms with Crippen LogP contribution in [0.5, 0.6) is 0 Å². The number of aryl methyl sites for hydroxylation is 3. The number of carbonyl (C=O) groups excluding carboxylic acids is 3. The van der Waals surface area contributed by atoms with Gasteiger partial charge in [-0.2, -0.15) is 0 Å². The molecule has 0 heterocycles. The van der Waals surface area contributed by atoms with E-state index in [-0.39, 0.29) is 17.9 Å². The molecule has 3 aromatic carbocycles. The lowest BCUT2D eigenvalue weighted by atomic mass is 9.94. The number of benzene rings is 3. The van der Waals surface area contributed by atoms with Gasteiger partial charge >= 0.3 is 6.09 Å². The van der Waals surface area contributed by atoms with Gasteiger partial charge in [0.1, 0.15) is 17.2 Å². The maximum Gasteiger partial charge on any atom is 0.412 e. The predicted octanol–water partition coefficient (Wildman–Crippen LogP) is 6.91. The number of Topliss-reactive ketones (excluding diaryl/α,β-unsaturated/α-hetero) is 1. The van der Waals surface area contributed by atoms with Crippen LogP contribution >= 0.6 is 0 Å². The normalized spacial score (nSPS) is 11.1. The Balaban J connectivity index is 1.72. The fraction of sp³-hybridized carbons (Fsp3) is 0.276. The van der Waals surface area contributed by atoms with Gasteiger partial charge in [-0.05, 0) is 100 Å². The topological polar surface area (TPSA) is 84.5 Å². The summed E-state index contributed by atoms with van der Waals surface area (Å²) in [6.45, 7) is 10.2. The minimum Gasteiger partial charge on any atom is -0.444 e. The largest absolute Gasteiger partial charge is 0.444 e. The number of anilines is 2. The average molecular weight is 509 g/mol. The molecule has 0 spiro atoms. The van der Waals surface area contributed by atoms with Crippen LogP contribution in [0.3, 0.4) is 0 Å². The Hall–Kier alpha value is -4.07. The first-order valence-electron chi connectivity index (χ1n) is 11.7. The molecule has 0 aliphatic rings. The van der Waals surface area contributed by atoms with E-state index in [0.29, 0.717) is 39.1 Å². The molecule has 0 saturated carbocycles. The summed E-state index contributed by atoms with van der Waals surface area (Å²) in [5.74, 6) is -1.78. The lowest BCUT2D eigenvalue weighted by Crippen LogP contribution is -2.27. The number of nitrogens with one attached hydrogen (secondary N) is 2. The van der Waals surface area contributed by atoms with Gasteiger partial charge in [0.2, 0.25) is 0 Å². The summed E-state index contributed by atoms with van der Waals surface area (Å²) in [4.78, 5) is 37.7. The molecular formula is C29H30F2N2O4. The highest BCUT2D eigenvalue weighted by molar-refractivity contribution is 6.07. The number of amides is 2. The van der Waals surface area contributed by atoms with E-state index in [2.05, 4.69) is 10.6 Å². The summed E-state index contributed by atoms with van der Waals surface area (Å²) in [6, 6.07) is 11.8. The molecule has 0 fully saturated rings. The lowest BCUT2D eigenvalue weighted by molar-refractivity contribution is 0.0634. The first-order valence-corrected chi connectivity index (χ1v) is 11.7. The Kier molecular flexibility index (Phi) is 8.11. The van der Waals surface area contributed by atoms with E-state index < -0.39 is 29.2 Å². The minimum atomic E-state index is -0.780. The summed E-state index contributed by atoms with van der Waals surface area (Å²) in [7, 11) is 0. The Labute approximate surface area is 215 Å². The van der Waals surface area contributed by atoms with Crippen LogP contribution in [-0.4, -0.2) is 23.4 Å². The van der Waals surface area contributed by atoms with Crippen molar-refractivity contribution >= 4 is 29.2 Å². The van der Waals surface area contributed by atoms with Gasteiger partial charge < -0.3 is 10.1 Å². The maximum absolute atomic E-state index is 14.6. The van der Waals surface area contributed by atoms with Crippen molar-refractivity contribution in [2.45, 2.75) is 53.6 Å². The van der Waals surface area contributed by atoms with Crippen molar-refractivity contribution in [3.8, 4) is 0 Å². The van der Waals surface area contributed by atoms with Crippen LogP contribution < -0.4 is 10.6 Å². The summed E-state index contributed by atoms with van der Waals surface area (Å²) >= 11 is 0. The van der Waals surface area contributed by atoms with Crippen LogP contribution in [0.25, 0.3) is 0 Å². The summed E-state index contributed by atoms with van der Waals surface area (Å²) in [5, 5.41) is 5.03. The molecule has 0 atom stereocenters. The zero-order valence-corrected chi connectivity index (χ0v) is 21.7. The first kappa shape index (κ1) is 27.5. The third-order valence-corrected chi connectivity index (χ3v) is 5.58. The van der Waals surface area contributed by atoms with Gasteiger partial charge in [0.15, 0.2) is 5.78 Å². The molecule has 0 radical (unpaired) electrons. The van der Waals surface area contributed by atoms with Gasteiger partial charge in [0, 0.05) is 23.2 Å². The van der Waals surface area contributed by atoms with Crippen molar-refractivity contribution in [3.05, 3.63) is 93.5 Å². The molecule has 2 amide bonds. The molecule has 3 rings (SSSR count). The molecule has 0 bridgehead atoms. The third-order valence-electron chi connectivity index (χ3n) is 5.58. The number of hydrogen-bond acceptors (Lipinski definition) is 4. The second kappa shape index (κ2) is 10.9. The Morgan fingerprint density at radius 1 is 0.784 bits per heavy atom. The van der Waals surface area contributed by atoms with Gasteiger partial charge in [-0.25, -0.2) is 13.6 Å². The van der Waals surface area contributed by atoms with Crippen molar-refractivity contribution in [2.75, 3.05) is 10.6 Å². The number of halogens is 2. The molecule has 0 unspecified atom stereocenters. The highest BCUT2D eigenvalue weighted by Crippen LogP contribution is 2.23.